The summed E-state index contributed by atoms with van der Waals surface area (Å²) in [6, 6.07) is 16.0. The third kappa shape index (κ3) is 3.05. The second kappa shape index (κ2) is 6.03. The fraction of sp³-hybridized carbons (Fsp3) is 0.143. The summed E-state index contributed by atoms with van der Waals surface area (Å²) in [7, 11) is 0. The van der Waals surface area contributed by atoms with Crippen LogP contribution in [0.2, 0.25) is 0 Å². The molecule has 17 heavy (non-hydrogen) atoms. The van der Waals surface area contributed by atoms with Crippen LogP contribution in [-0.4, -0.2) is 0 Å². The topological polar surface area (TPSA) is 27.7 Å². The molecule has 0 radical (unpaired) electrons. The monoisotopic (exact) mass is 244 g/mol. The number of benzene rings is 1. The Balaban J connectivity index is 0.00000144. The number of aromatic nitrogens is 1. The SMILES string of the molecule is Cc1cccc[n+]1Cc1ccccc1C#N.[Cl-]. The predicted molar refractivity (Wildman–Crippen MR) is 61.6 cm³/mol. The predicted octanol–water partition coefficient (Wildman–Crippen LogP) is -0.793. The van der Waals surface area contributed by atoms with Crippen molar-refractivity contribution in [2.24, 2.45) is 0 Å². The first-order valence-corrected chi connectivity index (χ1v) is 5.24. The van der Waals surface area contributed by atoms with Gasteiger partial charge in [0.2, 0.25) is 0 Å². The summed E-state index contributed by atoms with van der Waals surface area (Å²) >= 11 is 0. The molecule has 0 spiro atoms. The number of rotatable bonds is 2. The molecule has 3 heteroatoms. The number of hydrogen-bond acceptors (Lipinski definition) is 1. The van der Waals surface area contributed by atoms with Gasteiger partial charge in [0.1, 0.15) is 0 Å². The molecule has 0 aliphatic rings. The first kappa shape index (κ1) is 13.2. The quantitative estimate of drug-likeness (QED) is 0.636. The molecular formula is C14H13ClN2. The molecule has 0 amide bonds. The molecule has 0 atom stereocenters. The molecule has 1 aromatic heterocycles. The van der Waals surface area contributed by atoms with Crippen LogP contribution in [-0.2, 0) is 6.54 Å². The maximum atomic E-state index is 9.01. The van der Waals surface area contributed by atoms with Crippen molar-refractivity contribution in [2.75, 3.05) is 0 Å². The lowest BCUT2D eigenvalue weighted by Gasteiger charge is -2.02. The van der Waals surface area contributed by atoms with Crippen molar-refractivity contribution >= 4 is 0 Å². The van der Waals surface area contributed by atoms with E-state index in [4.69, 9.17) is 5.26 Å². The molecule has 2 rings (SSSR count). The number of pyridine rings is 1. The average molecular weight is 245 g/mol. The Hall–Kier alpha value is -1.85. The molecule has 86 valence electrons. The lowest BCUT2D eigenvalue weighted by Crippen LogP contribution is -3.00. The van der Waals surface area contributed by atoms with E-state index in [1.165, 1.54) is 5.69 Å². The van der Waals surface area contributed by atoms with E-state index in [0.29, 0.717) is 0 Å². The van der Waals surface area contributed by atoms with E-state index >= 15 is 0 Å². The van der Waals surface area contributed by atoms with Crippen LogP contribution in [0, 0.1) is 18.3 Å². The van der Waals surface area contributed by atoms with Crippen LogP contribution < -0.4 is 17.0 Å². The summed E-state index contributed by atoms with van der Waals surface area (Å²) in [5.41, 5.74) is 3.00. The molecule has 2 aromatic rings. The minimum Gasteiger partial charge on any atom is -1.00 e. The maximum absolute atomic E-state index is 9.01. The van der Waals surface area contributed by atoms with Gasteiger partial charge in [0.25, 0.3) is 0 Å². The van der Waals surface area contributed by atoms with Crippen molar-refractivity contribution in [3.8, 4) is 6.07 Å². The molecule has 0 saturated heterocycles. The lowest BCUT2D eigenvalue weighted by atomic mass is 10.1. The Morgan fingerprint density at radius 1 is 1.12 bits per heavy atom. The second-order valence-electron chi connectivity index (χ2n) is 3.74. The van der Waals surface area contributed by atoms with Gasteiger partial charge in [0.05, 0.1) is 11.6 Å². The van der Waals surface area contributed by atoms with Crippen molar-refractivity contribution < 1.29 is 17.0 Å². The Bertz CT molecular complexity index is 544. The highest BCUT2D eigenvalue weighted by Crippen LogP contribution is 2.06. The Kier molecular flexibility index (Phi) is 4.68. The molecule has 0 aliphatic heterocycles. The molecule has 0 fully saturated rings. The summed E-state index contributed by atoms with van der Waals surface area (Å²) < 4.78 is 2.14. The second-order valence-corrected chi connectivity index (χ2v) is 3.74. The van der Waals surface area contributed by atoms with Crippen molar-refractivity contribution in [3.63, 3.8) is 0 Å². The van der Waals surface area contributed by atoms with Gasteiger partial charge < -0.3 is 12.4 Å². The smallest absolute Gasteiger partial charge is 0.178 e. The lowest BCUT2D eigenvalue weighted by molar-refractivity contribution is -0.694. The summed E-state index contributed by atoms with van der Waals surface area (Å²) in [6.07, 6.45) is 2.03. The van der Waals surface area contributed by atoms with Crippen molar-refractivity contribution in [2.45, 2.75) is 13.5 Å². The molecule has 1 aromatic carbocycles. The van der Waals surface area contributed by atoms with Crippen LogP contribution in [0.4, 0.5) is 0 Å². The largest absolute Gasteiger partial charge is 1.00 e. The number of nitrogens with zero attached hydrogens (tertiary/aromatic N) is 2. The number of aryl methyl sites for hydroxylation is 1. The summed E-state index contributed by atoms with van der Waals surface area (Å²) in [6.45, 7) is 2.81. The normalized spacial score (nSPS) is 9.18. The van der Waals surface area contributed by atoms with Gasteiger partial charge in [-0.3, -0.25) is 0 Å². The van der Waals surface area contributed by atoms with E-state index in [-0.39, 0.29) is 12.4 Å². The molecule has 0 unspecified atom stereocenters. The molecule has 0 N–H and O–H groups in total. The minimum absolute atomic E-state index is 0. The molecule has 0 saturated carbocycles. The molecule has 1 heterocycles. The van der Waals surface area contributed by atoms with Gasteiger partial charge in [-0.15, -0.1) is 0 Å². The molecule has 0 aliphatic carbocycles. The van der Waals surface area contributed by atoms with Crippen LogP contribution in [0.3, 0.4) is 0 Å². The van der Waals surface area contributed by atoms with Crippen LogP contribution in [0.5, 0.6) is 0 Å². The van der Waals surface area contributed by atoms with Crippen LogP contribution >= 0.6 is 0 Å². The molecule has 0 bridgehead atoms. The maximum Gasteiger partial charge on any atom is 0.178 e. The Labute approximate surface area is 108 Å². The van der Waals surface area contributed by atoms with Gasteiger partial charge in [-0.25, -0.2) is 0 Å². The van der Waals surface area contributed by atoms with Crippen LogP contribution in [0.1, 0.15) is 16.8 Å². The van der Waals surface area contributed by atoms with Crippen LogP contribution in [0.25, 0.3) is 0 Å². The molecular weight excluding hydrogens is 232 g/mol. The fourth-order valence-electron chi connectivity index (χ4n) is 1.69. The number of hydrogen-bond donors (Lipinski definition) is 0. The first-order valence-electron chi connectivity index (χ1n) is 5.24. The van der Waals surface area contributed by atoms with Gasteiger partial charge in [-0.05, 0) is 6.07 Å². The van der Waals surface area contributed by atoms with E-state index in [0.717, 1.165) is 17.7 Å². The van der Waals surface area contributed by atoms with Gasteiger partial charge in [-0.2, -0.15) is 9.83 Å². The van der Waals surface area contributed by atoms with Crippen LogP contribution in [0.15, 0.2) is 48.7 Å². The van der Waals surface area contributed by atoms with Gasteiger partial charge >= 0.3 is 0 Å². The van der Waals surface area contributed by atoms with Gasteiger partial charge in [-0.1, -0.05) is 24.3 Å². The zero-order valence-corrected chi connectivity index (χ0v) is 10.4. The third-order valence-corrected chi connectivity index (χ3v) is 2.65. The Morgan fingerprint density at radius 2 is 1.82 bits per heavy atom. The van der Waals surface area contributed by atoms with Gasteiger partial charge in [0, 0.05) is 24.6 Å². The highest BCUT2D eigenvalue weighted by molar-refractivity contribution is 5.36. The zero-order chi connectivity index (χ0) is 11.4. The first-order chi connectivity index (χ1) is 7.81. The third-order valence-electron chi connectivity index (χ3n) is 2.65. The number of nitriles is 1. The minimum atomic E-state index is 0. The standard InChI is InChI=1S/C14H13N2.ClH/c1-12-6-4-5-9-16(12)11-14-8-3-2-7-13(14)10-15;/h2-9H,11H2,1H3;1H/q+1;/p-1. The highest BCUT2D eigenvalue weighted by atomic mass is 35.5. The van der Waals surface area contributed by atoms with E-state index in [9.17, 15) is 0 Å². The van der Waals surface area contributed by atoms with E-state index in [1.54, 1.807) is 0 Å². The van der Waals surface area contributed by atoms with Crippen molar-refractivity contribution in [1.29, 1.82) is 5.26 Å². The van der Waals surface area contributed by atoms with E-state index in [2.05, 4.69) is 23.6 Å². The summed E-state index contributed by atoms with van der Waals surface area (Å²) in [5.74, 6) is 0. The average Bonchev–Trinajstić information content (AvgIpc) is 2.33. The fourth-order valence-corrected chi connectivity index (χ4v) is 1.69. The van der Waals surface area contributed by atoms with Gasteiger partial charge in [0.15, 0.2) is 18.4 Å². The highest BCUT2D eigenvalue weighted by Gasteiger charge is 2.08. The molecule has 2 nitrogen and oxygen atoms in total. The van der Waals surface area contributed by atoms with Crippen molar-refractivity contribution in [3.05, 3.63) is 65.5 Å². The van der Waals surface area contributed by atoms with Crippen molar-refractivity contribution in [1.82, 2.24) is 0 Å². The summed E-state index contributed by atoms with van der Waals surface area (Å²) in [4.78, 5) is 0. The summed E-state index contributed by atoms with van der Waals surface area (Å²) in [5, 5.41) is 9.01. The van der Waals surface area contributed by atoms with E-state index < -0.39 is 0 Å². The number of halogens is 1. The van der Waals surface area contributed by atoms with E-state index in [1.807, 2.05) is 42.6 Å². The zero-order valence-electron chi connectivity index (χ0n) is 9.60. The Morgan fingerprint density at radius 3 is 2.53 bits per heavy atom.